The van der Waals surface area contributed by atoms with Crippen molar-refractivity contribution in [3.05, 3.63) is 77.9 Å². The summed E-state index contributed by atoms with van der Waals surface area (Å²) in [5, 5.41) is 0. The minimum Gasteiger partial charge on any atom is -0.489 e. The molecule has 2 aromatic carbocycles. The lowest BCUT2D eigenvalue weighted by Crippen LogP contribution is -2.27. The zero-order chi connectivity index (χ0) is 21.8. The molecule has 0 saturated carbocycles. The Morgan fingerprint density at radius 2 is 1.84 bits per heavy atom. The first-order valence-electron chi connectivity index (χ1n) is 9.88. The number of nitrogens with zero attached hydrogens (tertiary/aromatic N) is 1. The summed E-state index contributed by atoms with van der Waals surface area (Å²) in [6, 6.07) is 13.8. The third-order valence-electron chi connectivity index (χ3n) is 5.00. The van der Waals surface area contributed by atoms with Gasteiger partial charge in [-0.1, -0.05) is 18.2 Å². The van der Waals surface area contributed by atoms with E-state index in [-0.39, 0.29) is 28.9 Å². The fraction of sp³-hybridized carbons (Fsp3) is 0.227. The number of amides is 1. The van der Waals surface area contributed by atoms with Gasteiger partial charge in [0, 0.05) is 25.4 Å². The van der Waals surface area contributed by atoms with Crippen LogP contribution in [0.5, 0.6) is 5.75 Å². The highest BCUT2D eigenvalue weighted by atomic mass is 32.2. The van der Waals surface area contributed by atoms with Crippen molar-refractivity contribution in [1.82, 2.24) is 9.88 Å². The van der Waals surface area contributed by atoms with E-state index < -0.39 is 10.0 Å². The molecule has 2 N–H and O–H groups in total. The van der Waals surface area contributed by atoms with Crippen LogP contribution in [0.15, 0.2) is 65.7 Å². The molecule has 1 aromatic heterocycles. The molecule has 31 heavy (non-hydrogen) atoms. The molecule has 9 heteroatoms. The van der Waals surface area contributed by atoms with Crippen molar-refractivity contribution in [3.8, 4) is 5.75 Å². The summed E-state index contributed by atoms with van der Waals surface area (Å²) in [6.45, 7) is 1.59. The van der Waals surface area contributed by atoms with Crippen LogP contribution in [0, 0.1) is 5.82 Å². The van der Waals surface area contributed by atoms with Crippen LogP contribution in [0.3, 0.4) is 0 Å². The number of hydrogen-bond donors (Lipinski definition) is 2. The first kappa shape index (κ1) is 20.9. The van der Waals surface area contributed by atoms with Crippen molar-refractivity contribution in [2.75, 3.05) is 17.8 Å². The predicted octanol–water partition coefficient (Wildman–Crippen LogP) is 3.77. The maximum Gasteiger partial charge on any atom is 0.270 e. The maximum absolute atomic E-state index is 13.0. The molecule has 1 saturated heterocycles. The molecule has 7 nitrogen and oxygen atoms in total. The topological polar surface area (TPSA) is 91.5 Å². The van der Waals surface area contributed by atoms with Gasteiger partial charge in [-0.15, -0.1) is 0 Å². The van der Waals surface area contributed by atoms with E-state index >= 15 is 0 Å². The summed E-state index contributed by atoms with van der Waals surface area (Å²) in [5.41, 5.74) is 1.36. The van der Waals surface area contributed by atoms with Gasteiger partial charge in [-0.25, -0.2) is 12.8 Å². The van der Waals surface area contributed by atoms with E-state index in [2.05, 4.69) is 9.71 Å². The van der Waals surface area contributed by atoms with E-state index in [1.165, 1.54) is 24.4 Å². The van der Waals surface area contributed by atoms with E-state index in [9.17, 15) is 17.6 Å². The molecule has 0 radical (unpaired) electrons. The first-order valence-corrected chi connectivity index (χ1v) is 11.4. The molecule has 4 rings (SSSR count). The van der Waals surface area contributed by atoms with Gasteiger partial charge in [-0.05, 0) is 48.7 Å². The number of anilines is 1. The minimum atomic E-state index is -3.89. The molecule has 1 fully saturated rings. The van der Waals surface area contributed by atoms with Gasteiger partial charge in [-0.2, -0.15) is 0 Å². The molecule has 0 spiro atoms. The molecule has 3 aromatic rings. The lowest BCUT2D eigenvalue weighted by atomic mass is 10.2. The van der Waals surface area contributed by atoms with Gasteiger partial charge in [-0.3, -0.25) is 9.52 Å². The molecule has 1 aliphatic heterocycles. The summed E-state index contributed by atoms with van der Waals surface area (Å²) in [4.78, 5) is 16.9. The summed E-state index contributed by atoms with van der Waals surface area (Å²) >= 11 is 0. The van der Waals surface area contributed by atoms with Gasteiger partial charge in [0.2, 0.25) is 0 Å². The van der Waals surface area contributed by atoms with Crippen LogP contribution in [-0.2, 0) is 16.6 Å². The highest BCUT2D eigenvalue weighted by molar-refractivity contribution is 7.92. The second-order valence-corrected chi connectivity index (χ2v) is 8.98. The lowest BCUT2D eigenvalue weighted by Gasteiger charge is -2.13. The van der Waals surface area contributed by atoms with Gasteiger partial charge in [0.05, 0.1) is 5.69 Å². The van der Waals surface area contributed by atoms with Crippen LogP contribution in [0.25, 0.3) is 0 Å². The van der Waals surface area contributed by atoms with Gasteiger partial charge < -0.3 is 14.6 Å². The minimum absolute atomic E-state index is 0.0207. The molecule has 1 amide bonds. The number of sulfonamides is 1. The number of carbonyl (C=O) groups excluding carboxylic acids is 1. The zero-order valence-corrected chi connectivity index (χ0v) is 17.5. The van der Waals surface area contributed by atoms with E-state index in [0.29, 0.717) is 24.5 Å². The Morgan fingerprint density at radius 3 is 2.58 bits per heavy atom. The monoisotopic (exact) mass is 443 g/mol. The van der Waals surface area contributed by atoms with Crippen LogP contribution < -0.4 is 9.46 Å². The molecular weight excluding hydrogens is 421 g/mol. The third kappa shape index (κ3) is 5.05. The Hall–Kier alpha value is -3.33. The average Bonchev–Trinajstić information content (AvgIpc) is 3.46. The van der Waals surface area contributed by atoms with Crippen LogP contribution in [-0.4, -0.2) is 37.3 Å². The standard InChI is InChI=1S/C22H22FN3O4S/c23-17-8-6-16(7-9-17)15-30-19-5-3-4-18(12-19)25-31(28,29)20-13-21(24-14-20)22(27)26-10-1-2-11-26/h3-9,12-14,24-25H,1-2,10-11,15H2. The van der Waals surface area contributed by atoms with Crippen LogP contribution >= 0.6 is 0 Å². The number of nitrogens with one attached hydrogen (secondary N) is 2. The second kappa shape index (κ2) is 8.81. The zero-order valence-electron chi connectivity index (χ0n) is 16.7. The second-order valence-electron chi connectivity index (χ2n) is 7.30. The fourth-order valence-corrected chi connectivity index (χ4v) is 4.40. The summed E-state index contributed by atoms with van der Waals surface area (Å²) in [5.74, 6) is -0.0613. The number of halogens is 1. The van der Waals surface area contributed by atoms with Crippen LogP contribution in [0.4, 0.5) is 10.1 Å². The van der Waals surface area contributed by atoms with Crippen molar-refractivity contribution in [2.24, 2.45) is 0 Å². The molecule has 0 aliphatic carbocycles. The molecular formula is C22H22FN3O4S. The van der Waals surface area contributed by atoms with E-state index in [1.54, 1.807) is 41.3 Å². The van der Waals surface area contributed by atoms with Crippen LogP contribution in [0.2, 0.25) is 0 Å². The van der Waals surface area contributed by atoms with Gasteiger partial charge in [0.15, 0.2) is 0 Å². The third-order valence-corrected chi connectivity index (χ3v) is 6.36. The smallest absolute Gasteiger partial charge is 0.270 e. The number of ether oxygens (including phenoxy) is 1. The fourth-order valence-electron chi connectivity index (χ4n) is 3.35. The Bertz CT molecular complexity index is 1170. The molecule has 0 bridgehead atoms. The van der Waals surface area contributed by atoms with Crippen molar-refractivity contribution >= 4 is 21.6 Å². The normalized spacial score (nSPS) is 13.9. The lowest BCUT2D eigenvalue weighted by molar-refractivity contribution is 0.0787. The summed E-state index contributed by atoms with van der Waals surface area (Å²) in [6.07, 6.45) is 3.22. The molecule has 0 atom stereocenters. The van der Waals surface area contributed by atoms with E-state index in [4.69, 9.17) is 4.74 Å². The summed E-state index contributed by atoms with van der Waals surface area (Å²) in [7, 11) is -3.89. The maximum atomic E-state index is 13.0. The quantitative estimate of drug-likeness (QED) is 0.582. The predicted molar refractivity (Wildman–Crippen MR) is 114 cm³/mol. The van der Waals surface area contributed by atoms with E-state index in [1.807, 2.05) is 0 Å². The number of carbonyl (C=O) groups is 1. The SMILES string of the molecule is O=C(c1cc(S(=O)(=O)Nc2cccc(OCc3ccc(F)cc3)c2)c[nH]1)N1CCCC1. The molecule has 2 heterocycles. The number of H-pyrrole nitrogens is 1. The highest BCUT2D eigenvalue weighted by Crippen LogP contribution is 2.23. The number of likely N-dealkylation sites (tertiary alicyclic amines) is 1. The van der Waals surface area contributed by atoms with Crippen molar-refractivity contribution < 1.29 is 22.3 Å². The Morgan fingerprint density at radius 1 is 1.10 bits per heavy atom. The Kier molecular flexibility index (Phi) is 5.94. The number of benzene rings is 2. The number of hydrogen-bond acceptors (Lipinski definition) is 4. The van der Waals surface area contributed by atoms with Crippen molar-refractivity contribution in [2.45, 2.75) is 24.3 Å². The molecule has 162 valence electrons. The molecule has 0 unspecified atom stereocenters. The van der Waals surface area contributed by atoms with Gasteiger partial charge in [0.25, 0.3) is 15.9 Å². The molecule has 1 aliphatic rings. The largest absolute Gasteiger partial charge is 0.489 e. The van der Waals surface area contributed by atoms with Crippen molar-refractivity contribution in [1.29, 1.82) is 0 Å². The van der Waals surface area contributed by atoms with E-state index in [0.717, 1.165) is 18.4 Å². The van der Waals surface area contributed by atoms with Crippen LogP contribution in [0.1, 0.15) is 28.9 Å². The van der Waals surface area contributed by atoms with Gasteiger partial charge >= 0.3 is 0 Å². The Balaban J connectivity index is 1.43. The van der Waals surface area contributed by atoms with Gasteiger partial charge in [0.1, 0.15) is 28.8 Å². The number of aromatic amines is 1. The number of rotatable bonds is 7. The first-order chi connectivity index (χ1) is 14.9. The summed E-state index contributed by atoms with van der Waals surface area (Å²) < 4.78 is 46.7. The number of aromatic nitrogens is 1. The Labute approximate surface area is 179 Å². The average molecular weight is 444 g/mol. The highest BCUT2D eigenvalue weighted by Gasteiger charge is 2.23. The van der Waals surface area contributed by atoms with Crippen molar-refractivity contribution in [3.63, 3.8) is 0 Å².